The molecule has 0 radical (unpaired) electrons. The lowest BCUT2D eigenvalue weighted by molar-refractivity contribution is 1.29. The molecule has 0 saturated carbocycles. The summed E-state index contributed by atoms with van der Waals surface area (Å²) in [5.74, 6) is 0. The number of rotatable bonds is 1. The predicted octanol–water partition coefficient (Wildman–Crippen LogP) is 2.55. The lowest BCUT2D eigenvalue weighted by Gasteiger charge is -1.95. The lowest BCUT2D eigenvalue weighted by atomic mass is 10.3. The molecule has 0 aliphatic heterocycles. The molecule has 0 saturated heterocycles. The number of pyridine rings is 1. The zero-order valence-corrected chi connectivity index (χ0v) is 8.97. The van der Waals surface area contributed by atoms with Gasteiger partial charge in [0.1, 0.15) is 10.7 Å². The molecule has 0 aliphatic rings. The Bertz CT molecular complexity index is 427. The first kappa shape index (κ1) is 8.65. The molecule has 0 amide bonds. The van der Waals surface area contributed by atoms with Gasteiger partial charge in [-0.25, -0.2) is 4.98 Å². The highest BCUT2D eigenvalue weighted by Gasteiger charge is 2.03. The van der Waals surface area contributed by atoms with E-state index in [1.165, 1.54) is 11.3 Å². The van der Waals surface area contributed by atoms with Crippen molar-refractivity contribution < 1.29 is 0 Å². The van der Waals surface area contributed by atoms with Gasteiger partial charge in [-0.1, -0.05) is 0 Å². The van der Waals surface area contributed by atoms with Gasteiger partial charge in [0.2, 0.25) is 0 Å². The number of hydrogen-bond donors (Lipinski definition) is 1. The molecule has 0 fully saturated rings. The Labute approximate surface area is 87.8 Å². The second-order valence-corrected chi connectivity index (χ2v) is 4.85. The average molecular weight is 256 g/mol. The summed E-state index contributed by atoms with van der Waals surface area (Å²) in [7, 11) is 0. The number of anilines is 1. The molecule has 5 heteroatoms. The lowest BCUT2D eigenvalue weighted by Crippen LogP contribution is -1.87. The van der Waals surface area contributed by atoms with Gasteiger partial charge in [-0.2, -0.15) is 0 Å². The van der Waals surface area contributed by atoms with Gasteiger partial charge in [-0.3, -0.25) is 4.98 Å². The molecule has 0 atom stereocenters. The van der Waals surface area contributed by atoms with Crippen LogP contribution in [0.25, 0.3) is 10.7 Å². The van der Waals surface area contributed by atoms with E-state index in [1.807, 2.05) is 6.07 Å². The second kappa shape index (κ2) is 3.43. The van der Waals surface area contributed by atoms with Crippen molar-refractivity contribution >= 4 is 33.0 Å². The summed E-state index contributed by atoms with van der Waals surface area (Å²) in [5.41, 5.74) is 7.15. The fourth-order valence-corrected chi connectivity index (χ4v) is 2.11. The smallest absolute Gasteiger partial charge is 0.142 e. The van der Waals surface area contributed by atoms with E-state index in [0.717, 1.165) is 14.5 Å². The highest BCUT2D eigenvalue weighted by atomic mass is 79.9. The summed E-state index contributed by atoms with van der Waals surface area (Å²) < 4.78 is 0.992. The van der Waals surface area contributed by atoms with E-state index in [-0.39, 0.29) is 0 Å². The van der Waals surface area contributed by atoms with Gasteiger partial charge in [0, 0.05) is 11.9 Å². The minimum absolute atomic E-state index is 0.705. The van der Waals surface area contributed by atoms with E-state index < -0.39 is 0 Å². The van der Waals surface area contributed by atoms with Crippen molar-refractivity contribution in [3.05, 3.63) is 28.3 Å². The van der Waals surface area contributed by atoms with Crippen LogP contribution in [0.15, 0.2) is 28.3 Å². The fourth-order valence-electron chi connectivity index (χ4n) is 0.937. The quantitative estimate of drug-likeness (QED) is 0.853. The summed E-state index contributed by atoms with van der Waals surface area (Å²) in [5, 5.41) is 0.874. The zero-order valence-electron chi connectivity index (χ0n) is 6.57. The molecule has 0 spiro atoms. The third kappa shape index (κ3) is 1.87. The number of thiazole rings is 1. The van der Waals surface area contributed by atoms with Crippen LogP contribution in [0, 0.1) is 0 Å². The molecular weight excluding hydrogens is 250 g/mol. The van der Waals surface area contributed by atoms with Gasteiger partial charge < -0.3 is 5.73 Å². The molecule has 0 aliphatic carbocycles. The van der Waals surface area contributed by atoms with Crippen molar-refractivity contribution in [1.82, 2.24) is 9.97 Å². The van der Waals surface area contributed by atoms with Gasteiger partial charge in [0.15, 0.2) is 0 Å². The van der Waals surface area contributed by atoms with Crippen molar-refractivity contribution in [2.45, 2.75) is 0 Å². The Hall–Kier alpha value is -0.940. The predicted molar refractivity (Wildman–Crippen MR) is 57.5 cm³/mol. The SMILES string of the molecule is Nc1ccnc(-c2ncc(Br)s2)c1. The molecule has 2 aromatic heterocycles. The molecular formula is C8H6BrN3S. The zero-order chi connectivity index (χ0) is 9.26. The van der Waals surface area contributed by atoms with Crippen LogP contribution in [0.3, 0.4) is 0 Å². The Morgan fingerprint density at radius 3 is 2.85 bits per heavy atom. The van der Waals surface area contributed by atoms with Gasteiger partial charge in [-0.05, 0) is 28.1 Å². The number of nitrogens with zero attached hydrogens (tertiary/aromatic N) is 2. The normalized spacial score (nSPS) is 10.2. The maximum absolute atomic E-state index is 5.63. The number of halogens is 1. The molecule has 2 heterocycles. The van der Waals surface area contributed by atoms with Crippen LogP contribution in [0.4, 0.5) is 5.69 Å². The highest BCUT2D eigenvalue weighted by molar-refractivity contribution is 9.11. The fraction of sp³-hybridized carbons (Fsp3) is 0. The maximum atomic E-state index is 5.63. The summed E-state index contributed by atoms with van der Waals surface area (Å²) >= 11 is 4.88. The van der Waals surface area contributed by atoms with Crippen LogP contribution in [-0.4, -0.2) is 9.97 Å². The number of aromatic nitrogens is 2. The van der Waals surface area contributed by atoms with Gasteiger partial charge in [-0.15, -0.1) is 11.3 Å². The Balaban J connectivity index is 2.46. The molecule has 2 N–H and O–H groups in total. The van der Waals surface area contributed by atoms with Crippen LogP contribution in [0.2, 0.25) is 0 Å². The standard InChI is InChI=1S/C8H6BrN3S/c9-7-4-12-8(13-7)6-3-5(10)1-2-11-6/h1-4H,(H2,10,11). The monoisotopic (exact) mass is 255 g/mol. The Morgan fingerprint density at radius 2 is 2.23 bits per heavy atom. The van der Waals surface area contributed by atoms with E-state index in [9.17, 15) is 0 Å². The number of nitrogens with two attached hydrogens (primary N) is 1. The van der Waals surface area contributed by atoms with E-state index in [2.05, 4.69) is 25.9 Å². The maximum Gasteiger partial charge on any atom is 0.142 e. The molecule has 3 nitrogen and oxygen atoms in total. The first-order valence-electron chi connectivity index (χ1n) is 3.59. The van der Waals surface area contributed by atoms with E-state index in [4.69, 9.17) is 5.73 Å². The topological polar surface area (TPSA) is 51.8 Å². The minimum Gasteiger partial charge on any atom is -0.399 e. The van der Waals surface area contributed by atoms with E-state index in [1.54, 1.807) is 18.5 Å². The van der Waals surface area contributed by atoms with Crippen LogP contribution in [0.1, 0.15) is 0 Å². The molecule has 0 unspecified atom stereocenters. The van der Waals surface area contributed by atoms with Gasteiger partial charge in [0.25, 0.3) is 0 Å². The number of hydrogen-bond acceptors (Lipinski definition) is 4. The largest absolute Gasteiger partial charge is 0.399 e. The van der Waals surface area contributed by atoms with E-state index >= 15 is 0 Å². The summed E-state index contributed by atoms with van der Waals surface area (Å²) in [6.45, 7) is 0. The third-order valence-electron chi connectivity index (χ3n) is 1.48. The van der Waals surface area contributed by atoms with Crippen LogP contribution >= 0.6 is 27.3 Å². The molecule has 0 bridgehead atoms. The molecule has 2 rings (SSSR count). The van der Waals surface area contributed by atoms with Crippen molar-refractivity contribution in [2.75, 3.05) is 5.73 Å². The summed E-state index contributed by atoms with van der Waals surface area (Å²) in [6.07, 6.45) is 3.44. The van der Waals surface area contributed by atoms with Crippen LogP contribution in [0.5, 0.6) is 0 Å². The van der Waals surface area contributed by atoms with Crippen molar-refractivity contribution in [2.24, 2.45) is 0 Å². The van der Waals surface area contributed by atoms with Crippen LogP contribution < -0.4 is 5.73 Å². The van der Waals surface area contributed by atoms with Crippen molar-refractivity contribution in [3.8, 4) is 10.7 Å². The van der Waals surface area contributed by atoms with E-state index in [0.29, 0.717) is 5.69 Å². The molecule has 13 heavy (non-hydrogen) atoms. The Kier molecular flexibility index (Phi) is 2.28. The summed E-state index contributed by atoms with van der Waals surface area (Å²) in [4.78, 5) is 8.35. The molecule has 2 aromatic rings. The second-order valence-electron chi connectivity index (χ2n) is 2.44. The molecule has 0 aromatic carbocycles. The third-order valence-corrected chi connectivity index (χ3v) is 2.98. The number of nitrogen functional groups attached to an aromatic ring is 1. The van der Waals surface area contributed by atoms with Crippen molar-refractivity contribution in [1.29, 1.82) is 0 Å². The summed E-state index contributed by atoms with van der Waals surface area (Å²) in [6, 6.07) is 3.57. The first-order chi connectivity index (χ1) is 6.25. The van der Waals surface area contributed by atoms with Gasteiger partial charge in [0.05, 0.1) is 9.98 Å². The molecule has 66 valence electrons. The minimum atomic E-state index is 0.705. The van der Waals surface area contributed by atoms with Crippen LogP contribution in [-0.2, 0) is 0 Å². The van der Waals surface area contributed by atoms with Gasteiger partial charge >= 0.3 is 0 Å². The highest BCUT2D eigenvalue weighted by Crippen LogP contribution is 2.27. The average Bonchev–Trinajstić information content (AvgIpc) is 2.52. The van der Waals surface area contributed by atoms with Crippen molar-refractivity contribution in [3.63, 3.8) is 0 Å². The Morgan fingerprint density at radius 1 is 1.38 bits per heavy atom. The first-order valence-corrected chi connectivity index (χ1v) is 5.20.